The Morgan fingerprint density at radius 1 is 0.110 bits per heavy atom. The van der Waals surface area contributed by atoms with E-state index in [9.17, 15) is 0 Å². The van der Waals surface area contributed by atoms with Crippen molar-refractivity contribution in [2.24, 2.45) is 0 Å². The Morgan fingerprint density at radius 2 is 0.272 bits per heavy atom. The van der Waals surface area contributed by atoms with E-state index >= 15 is 0 Å². The summed E-state index contributed by atoms with van der Waals surface area (Å²) in [5.41, 5.74) is 32.9. The molecule has 6 heterocycles. The topological polar surface area (TPSA) is 51.6 Å². The molecule has 0 saturated carbocycles. The van der Waals surface area contributed by atoms with E-state index in [1.807, 2.05) is 70.1 Å². The normalized spacial score (nSPS) is 11.8. The maximum absolute atomic E-state index is 5.01. The van der Waals surface area contributed by atoms with Gasteiger partial charge in [-0.2, -0.15) is 0 Å². The van der Waals surface area contributed by atoms with Gasteiger partial charge in [0, 0.05) is 127 Å². The van der Waals surface area contributed by atoms with Crippen LogP contribution in [0, 0.1) is 0 Å². The number of rotatable bonds is 12. The highest BCUT2D eigenvalue weighted by Crippen LogP contribution is 2.52. The van der Waals surface area contributed by atoms with Crippen molar-refractivity contribution < 1.29 is 0 Å². The Morgan fingerprint density at radius 3 is 0.471 bits per heavy atom. The van der Waals surface area contributed by atoms with Gasteiger partial charge in [-0.3, -0.25) is 19.9 Å². The highest BCUT2D eigenvalue weighted by Gasteiger charge is 2.24. The van der Waals surface area contributed by atoms with Gasteiger partial charge in [0.1, 0.15) is 0 Å². The third-order valence-corrected chi connectivity index (χ3v) is 32.7. The van der Waals surface area contributed by atoms with Gasteiger partial charge in [-0.25, -0.2) is 0 Å². The van der Waals surface area contributed by atoms with E-state index in [1.165, 1.54) is 214 Å². The van der Waals surface area contributed by atoms with Crippen molar-refractivity contribution in [3.05, 3.63) is 462 Å². The number of fused-ring (bicyclic) bond motifs is 24. The fourth-order valence-electron chi connectivity index (χ4n) is 21.1. The lowest BCUT2D eigenvalue weighted by Gasteiger charge is -2.13. The summed E-state index contributed by atoms with van der Waals surface area (Å²) in [6.45, 7) is 0. The lowest BCUT2D eigenvalue weighted by atomic mass is 9.92. The van der Waals surface area contributed by atoms with Crippen molar-refractivity contribution in [1.82, 2.24) is 19.9 Å². The third-order valence-electron chi connectivity index (χ3n) is 27.5. The van der Waals surface area contributed by atoms with E-state index < -0.39 is 0 Å². The van der Waals surface area contributed by atoms with Gasteiger partial charge in [0.2, 0.25) is 0 Å². The summed E-state index contributed by atoms with van der Waals surface area (Å²) in [5.74, 6) is 0. The summed E-state index contributed by atoms with van der Waals surface area (Å²) in [6, 6.07) is 160. The van der Waals surface area contributed by atoms with Crippen LogP contribution in [0.3, 0.4) is 0 Å². The molecule has 136 heavy (non-hydrogen) atoms. The molecular weight excluding hydrogens is 1720 g/mol. The van der Waals surface area contributed by atoms with Crippen LogP contribution in [0.25, 0.3) is 279 Å². The molecule has 0 radical (unpaired) electrons. The third kappa shape index (κ3) is 13.3. The number of hydrogen-bond donors (Lipinski definition) is 0. The summed E-state index contributed by atoms with van der Waals surface area (Å²) < 4.78 is 10.5. The lowest BCUT2D eigenvalue weighted by molar-refractivity contribution is 1.31. The van der Waals surface area contributed by atoms with Crippen molar-refractivity contribution in [2.45, 2.75) is 0 Å². The molecule has 0 aliphatic heterocycles. The molecule has 0 N–H and O–H groups in total. The van der Waals surface area contributed by atoms with Gasteiger partial charge in [-0.05, 0) is 204 Å². The van der Waals surface area contributed by atoms with Crippen molar-refractivity contribution in [3.8, 4) is 134 Å². The Bertz CT molecular complexity index is 8600. The van der Waals surface area contributed by atoms with Crippen LogP contribution in [0.5, 0.6) is 0 Å². The van der Waals surface area contributed by atoms with Crippen molar-refractivity contribution in [2.75, 3.05) is 0 Å². The summed E-state index contributed by atoms with van der Waals surface area (Å²) in [6.07, 6.45) is 7.28. The van der Waals surface area contributed by atoms with Gasteiger partial charge in [0.05, 0.1) is 22.1 Å². The van der Waals surface area contributed by atoms with Crippen LogP contribution < -0.4 is 0 Å². The zero-order chi connectivity index (χ0) is 89.4. The van der Waals surface area contributed by atoms with Gasteiger partial charge in [0.25, 0.3) is 0 Å². The predicted molar refractivity (Wildman–Crippen MR) is 586 cm³/mol. The molecule has 0 unspecified atom stereocenters. The number of aromatic nitrogens is 4. The second kappa shape index (κ2) is 32.7. The Hall–Kier alpha value is -16.6. The van der Waals surface area contributed by atoms with Gasteiger partial charge >= 0.3 is 0 Å². The van der Waals surface area contributed by atoms with Gasteiger partial charge < -0.3 is 0 Å². The van der Waals surface area contributed by atoms with E-state index in [2.05, 4.69) is 437 Å². The molecule has 0 saturated heterocycles. The molecule has 28 rings (SSSR count). The second-order valence-corrected chi connectivity index (χ2v) is 39.3. The zero-order valence-corrected chi connectivity index (χ0v) is 76.6. The van der Waals surface area contributed by atoms with Crippen molar-refractivity contribution >= 4 is 191 Å². The van der Waals surface area contributed by atoms with E-state index in [1.54, 1.807) is 0 Å². The Kier molecular flexibility index (Phi) is 19.1. The summed E-state index contributed by atoms with van der Waals surface area (Å²) >= 11 is 7.58. The maximum Gasteiger partial charge on any atom is 0.0971 e. The molecule has 0 aliphatic rings. The van der Waals surface area contributed by atoms with Crippen LogP contribution in [-0.4, -0.2) is 19.9 Å². The fourth-order valence-corrected chi connectivity index (χ4v) is 26.6. The summed E-state index contributed by atoms with van der Waals surface area (Å²) in [5, 5.41) is 19.5. The second-order valence-electron chi connectivity index (χ2n) is 35.2. The van der Waals surface area contributed by atoms with E-state index in [0.29, 0.717) is 0 Å². The van der Waals surface area contributed by atoms with Gasteiger partial charge in [0.15, 0.2) is 0 Å². The smallest absolute Gasteiger partial charge is 0.0971 e. The SMILES string of the molecule is c1ccc(-c2cccc3c2sc2c(-c4cccc(-c5ccc6c7ccc(-c8cccc(-c9cccc%10c9sc9c(-c%11ccccc%11)cccc9%10)c8)cc7c7nccnc7c6c5)c4)cccc23)cc1.c1ccc(-c2cccc3c2sc2c(-c4cccc(-c5ccc6c7ccc(-c8cccc(-c9cccc%10c9sc9c(-c%11ccccc%11)cccc9%10)c8)cc7c7nccnc7c6c5)c4)cccc23)cc1. The minimum atomic E-state index is 0.912. The predicted octanol–water partition coefficient (Wildman–Crippen LogP) is 37.3. The van der Waals surface area contributed by atoms with Crippen LogP contribution in [0.15, 0.2) is 462 Å². The molecule has 8 heteroatoms. The highest BCUT2D eigenvalue weighted by atomic mass is 32.1. The molecule has 0 atom stereocenters. The number of nitrogens with zero attached hydrogens (tertiary/aromatic N) is 4. The van der Waals surface area contributed by atoms with Crippen LogP contribution in [0.4, 0.5) is 0 Å². The van der Waals surface area contributed by atoms with Crippen LogP contribution in [0.1, 0.15) is 0 Å². The molecule has 0 aliphatic carbocycles. The quantitative estimate of drug-likeness (QED) is 0.114. The minimum Gasteiger partial charge on any atom is -0.252 e. The monoisotopic (exact) mass is 1800 g/mol. The standard InChI is InChI=1S/2C64H38N2S2/c2*1-3-13-39(14-4-1)47-21-9-25-53-55-27-11-23-49(63(55)67-61(47)53)45-19-7-17-41(35-45)43-29-31-51-52-32-30-44(38-58(52)60-59(57(51)37-43)65-33-34-66-60)42-18-8-20-46(36-42)50-24-12-28-56-54-26-10-22-48(62(54)68-64(50)56)40-15-5-2-6-16-40/h2*1-38H. The molecule has 6 aromatic heterocycles. The van der Waals surface area contributed by atoms with Crippen LogP contribution in [-0.2, 0) is 0 Å². The largest absolute Gasteiger partial charge is 0.252 e. The molecular formula is C128H76N4S4. The molecule has 0 amide bonds. The molecule has 28 aromatic rings. The van der Waals surface area contributed by atoms with Crippen LogP contribution in [0.2, 0.25) is 0 Å². The highest BCUT2D eigenvalue weighted by molar-refractivity contribution is 7.28. The first-order chi connectivity index (χ1) is 67.4. The van der Waals surface area contributed by atoms with E-state index in [4.69, 9.17) is 19.9 Å². The van der Waals surface area contributed by atoms with Crippen LogP contribution >= 0.6 is 45.3 Å². The Balaban J connectivity index is 0.000000138. The van der Waals surface area contributed by atoms with Gasteiger partial charge in [-0.15, -0.1) is 45.3 Å². The van der Waals surface area contributed by atoms with Gasteiger partial charge in [-0.1, -0.05) is 388 Å². The molecule has 632 valence electrons. The summed E-state index contributed by atoms with van der Waals surface area (Å²) in [4.78, 5) is 20.0. The van der Waals surface area contributed by atoms with E-state index in [0.717, 1.165) is 65.9 Å². The molecule has 0 spiro atoms. The molecule has 0 fully saturated rings. The first-order valence-corrected chi connectivity index (χ1v) is 49.3. The zero-order valence-electron chi connectivity index (χ0n) is 73.3. The minimum absolute atomic E-state index is 0.912. The first kappa shape index (κ1) is 79.2. The lowest BCUT2D eigenvalue weighted by Crippen LogP contribution is -1.90. The maximum atomic E-state index is 5.01. The number of thiophene rings is 4. The molecule has 22 aromatic carbocycles. The number of hydrogen-bond acceptors (Lipinski definition) is 8. The Labute approximate surface area is 799 Å². The molecule has 0 bridgehead atoms. The fraction of sp³-hybridized carbons (Fsp3) is 0. The first-order valence-electron chi connectivity index (χ1n) is 46.1. The number of benzene rings is 22. The van der Waals surface area contributed by atoms with Crippen molar-refractivity contribution in [3.63, 3.8) is 0 Å². The molecule has 4 nitrogen and oxygen atoms in total. The van der Waals surface area contributed by atoms with Crippen molar-refractivity contribution in [1.29, 1.82) is 0 Å². The summed E-state index contributed by atoms with van der Waals surface area (Å²) in [7, 11) is 0. The average molecular weight is 1800 g/mol. The average Bonchev–Trinajstić information content (AvgIpc) is 1.24. The van der Waals surface area contributed by atoms with E-state index in [-0.39, 0.29) is 0 Å².